The van der Waals surface area contributed by atoms with Crippen LogP contribution in [0.1, 0.15) is 213 Å². The second kappa shape index (κ2) is 34.8. The molecule has 0 heterocycles. The molecule has 0 amide bonds. The summed E-state index contributed by atoms with van der Waals surface area (Å²) in [5.74, 6) is 0.270. The number of hydrogen-bond donors (Lipinski definition) is 1. The lowest BCUT2D eigenvalue weighted by atomic mass is 10.0. The van der Waals surface area contributed by atoms with Crippen molar-refractivity contribution in [3.63, 3.8) is 0 Å². The van der Waals surface area contributed by atoms with Crippen LogP contribution < -0.4 is 0 Å². The summed E-state index contributed by atoms with van der Waals surface area (Å²) in [6, 6.07) is 0. The molecule has 0 spiro atoms. The first kappa shape index (κ1) is 42.9. The highest BCUT2D eigenvalue weighted by Gasteiger charge is 2.16. The van der Waals surface area contributed by atoms with Crippen LogP contribution >= 0.6 is 0 Å². The van der Waals surface area contributed by atoms with Crippen molar-refractivity contribution in [1.82, 2.24) is 0 Å². The van der Waals surface area contributed by atoms with Crippen LogP contribution in [0.5, 0.6) is 0 Å². The standard InChI is InChI=1S/C39H76O5/c1-4-5-6-7-8-9-10-11-14-18-21-24-27-30-33-39(42)44-37(34-40)35-43-38(41)32-29-26-23-20-17-15-12-13-16-19-22-25-28-31-36(2)3/h36-37,40H,4-35H2,1-3H3/t37-/m0/s1. The predicted molar refractivity (Wildman–Crippen MR) is 187 cm³/mol. The van der Waals surface area contributed by atoms with Crippen LogP contribution in [0.15, 0.2) is 0 Å². The van der Waals surface area contributed by atoms with Crippen LogP contribution in [-0.4, -0.2) is 36.4 Å². The first-order chi connectivity index (χ1) is 21.5. The smallest absolute Gasteiger partial charge is 0.306 e. The second-order valence-corrected chi connectivity index (χ2v) is 13.9. The molecule has 0 saturated carbocycles. The van der Waals surface area contributed by atoms with E-state index in [1.807, 2.05) is 0 Å². The summed E-state index contributed by atoms with van der Waals surface area (Å²) in [4.78, 5) is 24.2. The molecule has 5 heteroatoms. The lowest BCUT2D eigenvalue weighted by molar-refractivity contribution is -0.161. The van der Waals surface area contributed by atoms with Gasteiger partial charge in [-0.15, -0.1) is 0 Å². The van der Waals surface area contributed by atoms with Crippen molar-refractivity contribution in [2.24, 2.45) is 5.92 Å². The number of aliphatic hydroxyl groups is 1. The Morgan fingerprint density at radius 2 is 0.841 bits per heavy atom. The van der Waals surface area contributed by atoms with E-state index in [4.69, 9.17) is 9.47 Å². The average Bonchev–Trinajstić information content (AvgIpc) is 3.01. The molecule has 0 saturated heterocycles. The van der Waals surface area contributed by atoms with Gasteiger partial charge in [0.1, 0.15) is 6.61 Å². The fraction of sp³-hybridized carbons (Fsp3) is 0.949. The van der Waals surface area contributed by atoms with Gasteiger partial charge in [-0.05, 0) is 18.8 Å². The van der Waals surface area contributed by atoms with Crippen molar-refractivity contribution in [2.75, 3.05) is 13.2 Å². The quantitative estimate of drug-likeness (QED) is 0.0561. The monoisotopic (exact) mass is 625 g/mol. The van der Waals surface area contributed by atoms with Gasteiger partial charge in [0.15, 0.2) is 6.10 Å². The molecule has 0 unspecified atom stereocenters. The van der Waals surface area contributed by atoms with Crippen LogP contribution in [0.3, 0.4) is 0 Å². The minimum atomic E-state index is -0.761. The molecular formula is C39H76O5. The van der Waals surface area contributed by atoms with Gasteiger partial charge in [0, 0.05) is 12.8 Å². The number of esters is 2. The molecule has 0 aromatic rings. The fourth-order valence-corrected chi connectivity index (χ4v) is 5.86. The SMILES string of the molecule is CCCCCCCCCCCCCCCCC(=O)O[C@@H](CO)COC(=O)CCCCCCCCCCCCCCCC(C)C. The zero-order valence-electron chi connectivity index (χ0n) is 29.9. The number of aliphatic hydroxyl groups excluding tert-OH is 1. The van der Waals surface area contributed by atoms with Crippen LogP contribution in [0.25, 0.3) is 0 Å². The van der Waals surface area contributed by atoms with E-state index >= 15 is 0 Å². The van der Waals surface area contributed by atoms with Crippen molar-refractivity contribution >= 4 is 11.9 Å². The maximum absolute atomic E-state index is 12.1. The summed E-state index contributed by atoms with van der Waals surface area (Å²) in [6.07, 6.45) is 35.9. The minimum Gasteiger partial charge on any atom is -0.462 e. The van der Waals surface area contributed by atoms with Gasteiger partial charge >= 0.3 is 11.9 Å². The van der Waals surface area contributed by atoms with E-state index in [1.54, 1.807) is 0 Å². The minimum absolute atomic E-state index is 0.0578. The Bertz CT molecular complexity index is 605. The maximum atomic E-state index is 12.1. The third kappa shape index (κ3) is 33.8. The number of carbonyl (C=O) groups is 2. The Hall–Kier alpha value is -1.10. The molecule has 0 radical (unpaired) electrons. The van der Waals surface area contributed by atoms with E-state index < -0.39 is 6.10 Å². The normalized spacial score (nSPS) is 12.1. The Morgan fingerprint density at radius 3 is 1.20 bits per heavy atom. The van der Waals surface area contributed by atoms with Crippen LogP contribution in [0, 0.1) is 5.92 Å². The molecule has 44 heavy (non-hydrogen) atoms. The Balaban J connectivity index is 3.50. The average molecular weight is 625 g/mol. The van der Waals surface area contributed by atoms with Gasteiger partial charge in [0.2, 0.25) is 0 Å². The summed E-state index contributed by atoms with van der Waals surface area (Å²) in [6.45, 7) is 6.51. The summed E-state index contributed by atoms with van der Waals surface area (Å²) in [7, 11) is 0. The molecule has 0 aromatic heterocycles. The lowest BCUT2D eigenvalue weighted by Gasteiger charge is -2.15. The number of ether oxygens (including phenoxy) is 2. The van der Waals surface area contributed by atoms with Crippen molar-refractivity contribution in [1.29, 1.82) is 0 Å². The molecule has 0 aliphatic carbocycles. The molecule has 5 nitrogen and oxygen atoms in total. The van der Waals surface area contributed by atoms with Gasteiger partial charge in [0.25, 0.3) is 0 Å². The van der Waals surface area contributed by atoms with E-state index in [0.29, 0.717) is 12.8 Å². The molecule has 1 atom stereocenters. The lowest BCUT2D eigenvalue weighted by Crippen LogP contribution is -2.28. The van der Waals surface area contributed by atoms with Crippen LogP contribution in [0.2, 0.25) is 0 Å². The summed E-state index contributed by atoms with van der Waals surface area (Å²) < 4.78 is 10.6. The number of hydrogen-bond acceptors (Lipinski definition) is 5. The van der Waals surface area contributed by atoms with Crippen LogP contribution in [-0.2, 0) is 19.1 Å². The second-order valence-electron chi connectivity index (χ2n) is 13.9. The number of unbranched alkanes of at least 4 members (excludes halogenated alkanes) is 25. The summed E-state index contributed by atoms with van der Waals surface area (Å²) in [5, 5.41) is 9.54. The molecule has 0 aromatic carbocycles. The topological polar surface area (TPSA) is 72.8 Å². The zero-order chi connectivity index (χ0) is 32.4. The molecule has 1 N–H and O–H groups in total. The molecule has 0 aliphatic heterocycles. The van der Waals surface area contributed by atoms with Gasteiger partial charge < -0.3 is 14.6 Å². The molecule has 262 valence electrons. The van der Waals surface area contributed by atoms with E-state index in [9.17, 15) is 14.7 Å². The Labute approximate surface area is 274 Å². The van der Waals surface area contributed by atoms with Gasteiger partial charge in [0.05, 0.1) is 6.61 Å². The Morgan fingerprint density at radius 1 is 0.500 bits per heavy atom. The summed E-state index contributed by atoms with van der Waals surface area (Å²) >= 11 is 0. The van der Waals surface area contributed by atoms with Gasteiger partial charge in [-0.1, -0.05) is 188 Å². The van der Waals surface area contributed by atoms with Gasteiger partial charge in [-0.25, -0.2) is 0 Å². The zero-order valence-corrected chi connectivity index (χ0v) is 29.9. The molecule has 0 rings (SSSR count). The third-order valence-corrected chi connectivity index (χ3v) is 8.83. The third-order valence-electron chi connectivity index (χ3n) is 8.83. The van der Waals surface area contributed by atoms with Gasteiger partial charge in [-0.2, -0.15) is 0 Å². The van der Waals surface area contributed by atoms with E-state index in [-0.39, 0.29) is 25.2 Å². The molecular weight excluding hydrogens is 548 g/mol. The Kier molecular flexibility index (Phi) is 33.9. The molecule has 0 bridgehead atoms. The van der Waals surface area contributed by atoms with E-state index in [0.717, 1.165) is 38.0 Å². The highest BCUT2D eigenvalue weighted by atomic mass is 16.6. The highest BCUT2D eigenvalue weighted by molar-refractivity contribution is 5.70. The summed E-state index contributed by atoms with van der Waals surface area (Å²) in [5.41, 5.74) is 0. The molecule has 0 fully saturated rings. The van der Waals surface area contributed by atoms with E-state index in [1.165, 1.54) is 148 Å². The predicted octanol–water partition coefficient (Wildman–Crippen LogP) is 11.8. The maximum Gasteiger partial charge on any atom is 0.306 e. The van der Waals surface area contributed by atoms with Crippen molar-refractivity contribution < 1.29 is 24.2 Å². The van der Waals surface area contributed by atoms with E-state index in [2.05, 4.69) is 20.8 Å². The largest absolute Gasteiger partial charge is 0.462 e. The van der Waals surface area contributed by atoms with Crippen molar-refractivity contribution in [3.05, 3.63) is 0 Å². The van der Waals surface area contributed by atoms with Crippen molar-refractivity contribution in [2.45, 2.75) is 219 Å². The van der Waals surface area contributed by atoms with Crippen molar-refractivity contribution in [3.8, 4) is 0 Å². The van der Waals surface area contributed by atoms with Crippen LogP contribution in [0.4, 0.5) is 0 Å². The number of rotatable bonds is 35. The van der Waals surface area contributed by atoms with Gasteiger partial charge in [-0.3, -0.25) is 9.59 Å². The number of carbonyl (C=O) groups excluding carboxylic acids is 2. The first-order valence-electron chi connectivity index (χ1n) is 19.5. The molecule has 0 aliphatic rings. The highest BCUT2D eigenvalue weighted by Crippen LogP contribution is 2.16. The first-order valence-corrected chi connectivity index (χ1v) is 19.5. The fourth-order valence-electron chi connectivity index (χ4n) is 5.86.